The second kappa shape index (κ2) is 7.63. The lowest BCUT2D eigenvalue weighted by Gasteiger charge is -2.09. The van der Waals surface area contributed by atoms with Crippen molar-refractivity contribution in [2.45, 2.75) is 0 Å². The highest BCUT2D eigenvalue weighted by Gasteiger charge is 2.08. The fourth-order valence-corrected chi connectivity index (χ4v) is 1.57. The Kier molecular flexibility index (Phi) is 5.31. The van der Waals surface area contributed by atoms with Crippen LogP contribution in [0.3, 0.4) is 0 Å². The van der Waals surface area contributed by atoms with Gasteiger partial charge in [-0.05, 0) is 24.3 Å². The van der Waals surface area contributed by atoms with Gasteiger partial charge in [0.1, 0.15) is 11.5 Å². The summed E-state index contributed by atoms with van der Waals surface area (Å²) in [5.41, 5.74) is 4.88. The van der Waals surface area contributed by atoms with Crippen LogP contribution < -0.4 is 20.3 Å². The van der Waals surface area contributed by atoms with Crippen molar-refractivity contribution in [3.8, 4) is 11.5 Å². The van der Waals surface area contributed by atoms with E-state index in [1.165, 1.54) is 6.20 Å². The number of hydrogen-bond donors (Lipinski definition) is 2. The van der Waals surface area contributed by atoms with Gasteiger partial charge in [0.2, 0.25) is 0 Å². The first-order valence-corrected chi connectivity index (χ1v) is 6.45. The molecule has 114 valence electrons. The van der Waals surface area contributed by atoms with Crippen molar-refractivity contribution in [3.63, 3.8) is 0 Å². The largest absolute Gasteiger partial charge is 0.497 e. The number of aromatic nitrogens is 1. The van der Waals surface area contributed by atoms with Crippen LogP contribution in [-0.4, -0.2) is 30.5 Å². The summed E-state index contributed by atoms with van der Waals surface area (Å²) < 4.78 is 10.3. The minimum atomic E-state index is -0.486. The molecule has 0 atom stereocenters. The molecule has 7 nitrogen and oxygen atoms in total. The lowest BCUT2D eigenvalue weighted by Crippen LogP contribution is -2.43. The lowest BCUT2D eigenvalue weighted by atomic mass is 10.3. The molecule has 0 saturated carbocycles. The highest BCUT2D eigenvalue weighted by atomic mass is 16.5. The Hall–Kier alpha value is -3.09. The van der Waals surface area contributed by atoms with Crippen LogP contribution in [0.15, 0.2) is 48.8 Å². The van der Waals surface area contributed by atoms with Crippen molar-refractivity contribution in [1.29, 1.82) is 0 Å². The van der Waals surface area contributed by atoms with E-state index in [0.717, 1.165) is 0 Å². The van der Waals surface area contributed by atoms with E-state index in [4.69, 9.17) is 9.47 Å². The van der Waals surface area contributed by atoms with Crippen molar-refractivity contribution < 1.29 is 19.1 Å². The van der Waals surface area contributed by atoms with Crippen molar-refractivity contribution in [2.24, 2.45) is 0 Å². The van der Waals surface area contributed by atoms with E-state index in [1.54, 1.807) is 49.7 Å². The van der Waals surface area contributed by atoms with Crippen molar-refractivity contribution in [1.82, 2.24) is 15.8 Å². The zero-order chi connectivity index (χ0) is 15.8. The summed E-state index contributed by atoms with van der Waals surface area (Å²) in [6.07, 6.45) is 2.95. The number of nitrogens with zero attached hydrogens (tertiary/aromatic N) is 1. The van der Waals surface area contributed by atoms with E-state index >= 15 is 0 Å². The predicted octanol–water partition coefficient (Wildman–Crippen LogP) is 0.930. The van der Waals surface area contributed by atoms with Gasteiger partial charge >= 0.3 is 0 Å². The first-order valence-electron chi connectivity index (χ1n) is 6.45. The Morgan fingerprint density at radius 3 is 2.68 bits per heavy atom. The number of hydrazine groups is 1. The zero-order valence-corrected chi connectivity index (χ0v) is 11.9. The molecule has 0 aliphatic heterocycles. The van der Waals surface area contributed by atoms with Crippen molar-refractivity contribution in [3.05, 3.63) is 54.4 Å². The Morgan fingerprint density at radius 1 is 1.14 bits per heavy atom. The fourth-order valence-electron chi connectivity index (χ4n) is 1.57. The molecule has 7 heteroatoms. The Morgan fingerprint density at radius 2 is 1.95 bits per heavy atom. The van der Waals surface area contributed by atoms with Gasteiger partial charge in [-0.15, -0.1) is 0 Å². The van der Waals surface area contributed by atoms with Crippen LogP contribution in [0.2, 0.25) is 0 Å². The molecule has 1 aromatic carbocycles. The van der Waals surface area contributed by atoms with Gasteiger partial charge in [-0.3, -0.25) is 25.4 Å². The maximum Gasteiger partial charge on any atom is 0.276 e. The molecule has 0 unspecified atom stereocenters. The number of methoxy groups -OCH3 is 1. The van der Waals surface area contributed by atoms with Crippen LogP contribution in [-0.2, 0) is 4.79 Å². The van der Waals surface area contributed by atoms with Crippen LogP contribution in [0, 0.1) is 0 Å². The predicted molar refractivity (Wildman–Crippen MR) is 78.3 cm³/mol. The summed E-state index contributed by atoms with van der Waals surface area (Å²) in [6.45, 7) is -0.236. The van der Waals surface area contributed by atoms with Gasteiger partial charge in [0, 0.05) is 18.5 Å². The molecule has 0 saturated heterocycles. The van der Waals surface area contributed by atoms with Crippen LogP contribution >= 0.6 is 0 Å². The van der Waals surface area contributed by atoms with Gasteiger partial charge in [0.05, 0.1) is 12.7 Å². The van der Waals surface area contributed by atoms with Gasteiger partial charge < -0.3 is 9.47 Å². The van der Waals surface area contributed by atoms with Crippen LogP contribution in [0.4, 0.5) is 0 Å². The molecule has 2 rings (SSSR count). The average molecular weight is 301 g/mol. The highest BCUT2D eigenvalue weighted by molar-refractivity contribution is 5.95. The van der Waals surface area contributed by atoms with Crippen molar-refractivity contribution >= 4 is 11.8 Å². The number of carbonyl (C=O) groups is 2. The summed E-state index contributed by atoms with van der Waals surface area (Å²) in [6, 6.07) is 10.1. The van der Waals surface area contributed by atoms with E-state index in [9.17, 15) is 9.59 Å². The number of benzene rings is 1. The minimum absolute atomic E-state index is 0.236. The van der Waals surface area contributed by atoms with Gasteiger partial charge in [-0.25, -0.2) is 0 Å². The molecule has 22 heavy (non-hydrogen) atoms. The number of nitrogens with one attached hydrogen (secondary N) is 2. The minimum Gasteiger partial charge on any atom is -0.497 e. The summed E-state index contributed by atoms with van der Waals surface area (Å²) in [5, 5.41) is 0. The first-order chi connectivity index (χ1) is 10.7. The summed E-state index contributed by atoms with van der Waals surface area (Å²) in [7, 11) is 1.54. The number of pyridine rings is 1. The van der Waals surface area contributed by atoms with Gasteiger partial charge in [-0.1, -0.05) is 6.07 Å². The monoisotopic (exact) mass is 301 g/mol. The molecular formula is C15H15N3O4. The topological polar surface area (TPSA) is 89.5 Å². The Balaban J connectivity index is 1.77. The number of rotatable bonds is 5. The van der Waals surface area contributed by atoms with Gasteiger partial charge in [0.25, 0.3) is 11.8 Å². The molecule has 1 heterocycles. The van der Waals surface area contributed by atoms with Crippen LogP contribution in [0.25, 0.3) is 0 Å². The highest BCUT2D eigenvalue weighted by Crippen LogP contribution is 2.18. The number of carbonyl (C=O) groups excluding carboxylic acids is 2. The fraction of sp³-hybridized carbons (Fsp3) is 0.133. The lowest BCUT2D eigenvalue weighted by molar-refractivity contribution is -0.123. The Labute approximate surface area is 127 Å². The van der Waals surface area contributed by atoms with Gasteiger partial charge in [0.15, 0.2) is 6.61 Å². The molecule has 2 N–H and O–H groups in total. The average Bonchev–Trinajstić information content (AvgIpc) is 2.58. The standard InChI is InChI=1S/C15H15N3O4/c1-21-12-5-2-6-13(8-12)22-10-14(19)17-18-15(20)11-4-3-7-16-9-11/h2-9H,10H2,1H3,(H,17,19)(H,18,20). The molecular weight excluding hydrogens is 286 g/mol. The maximum absolute atomic E-state index is 11.7. The smallest absolute Gasteiger partial charge is 0.276 e. The summed E-state index contributed by atoms with van der Waals surface area (Å²) in [4.78, 5) is 27.1. The van der Waals surface area contributed by atoms with E-state index in [-0.39, 0.29) is 6.61 Å². The van der Waals surface area contributed by atoms with E-state index in [1.807, 2.05) is 0 Å². The number of amides is 2. The molecule has 0 fully saturated rings. The Bertz CT molecular complexity index is 646. The molecule has 0 aliphatic rings. The SMILES string of the molecule is COc1cccc(OCC(=O)NNC(=O)c2cccnc2)c1. The van der Waals surface area contributed by atoms with Crippen LogP contribution in [0.5, 0.6) is 11.5 Å². The second-order valence-corrected chi connectivity index (χ2v) is 4.21. The third-order valence-corrected chi connectivity index (χ3v) is 2.65. The summed E-state index contributed by atoms with van der Waals surface area (Å²) in [5.74, 6) is 0.179. The quantitative estimate of drug-likeness (QED) is 0.802. The third-order valence-electron chi connectivity index (χ3n) is 2.65. The van der Waals surface area contributed by atoms with Gasteiger partial charge in [-0.2, -0.15) is 0 Å². The second-order valence-electron chi connectivity index (χ2n) is 4.21. The summed E-state index contributed by atoms with van der Waals surface area (Å²) >= 11 is 0. The van der Waals surface area contributed by atoms with Crippen molar-refractivity contribution in [2.75, 3.05) is 13.7 Å². The zero-order valence-electron chi connectivity index (χ0n) is 11.9. The molecule has 0 aliphatic carbocycles. The maximum atomic E-state index is 11.7. The first kappa shape index (κ1) is 15.3. The molecule has 0 spiro atoms. The molecule has 2 amide bonds. The normalized spacial score (nSPS) is 9.68. The third kappa shape index (κ3) is 4.48. The molecule has 1 aromatic heterocycles. The number of hydrogen-bond acceptors (Lipinski definition) is 5. The van der Waals surface area contributed by atoms with E-state index in [0.29, 0.717) is 17.1 Å². The van der Waals surface area contributed by atoms with E-state index < -0.39 is 11.8 Å². The van der Waals surface area contributed by atoms with E-state index in [2.05, 4.69) is 15.8 Å². The van der Waals surface area contributed by atoms with Crippen LogP contribution in [0.1, 0.15) is 10.4 Å². The molecule has 2 aromatic rings. The molecule has 0 bridgehead atoms. The number of ether oxygens (including phenoxy) is 2. The molecule has 0 radical (unpaired) electrons.